The smallest absolute Gasteiger partial charge is 0.135 e. The average Bonchev–Trinajstić information content (AvgIpc) is 3.23. The Kier molecular flexibility index (Phi) is 8.20. The Morgan fingerprint density at radius 3 is 2.74 bits per heavy atom. The van der Waals surface area contributed by atoms with Crippen molar-refractivity contribution < 1.29 is 9.47 Å². The van der Waals surface area contributed by atoms with Gasteiger partial charge in [0.2, 0.25) is 0 Å². The van der Waals surface area contributed by atoms with Crippen molar-refractivity contribution in [3.8, 4) is 5.75 Å². The van der Waals surface area contributed by atoms with E-state index in [0.29, 0.717) is 12.5 Å². The molecule has 3 aromatic rings. The topological polar surface area (TPSA) is 34.6 Å². The summed E-state index contributed by atoms with van der Waals surface area (Å²) < 4.78 is 13.9. The van der Waals surface area contributed by atoms with Crippen LogP contribution in [-0.2, 0) is 4.74 Å². The van der Waals surface area contributed by atoms with Crippen LogP contribution in [0.4, 0.5) is 0 Å². The number of alkyl halides is 1. The van der Waals surface area contributed by atoms with Gasteiger partial charge in [0.25, 0.3) is 0 Å². The first-order valence-corrected chi connectivity index (χ1v) is 12.6. The highest BCUT2D eigenvalue weighted by molar-refractivity contribution is 7.18. The molecule has 1 atom stereocenters. The lowest BCUT2D eigenvalue weighted by atomic mass is 10.1. The molecule has 1 aromatic heterocycles. The molecule has 2 heterocycles. The van der Waals surface area contributed by atoms with Crippen molar-refractivity contribution in [2.75, 3.05) is 32.6 Å². The van der Waals surface area contributed by atoms with E-state index in [0.717, 1.165) is 67.0 Å². The summed E-state index contributed by atoms with van der Waals surface area (Å²) in [5, 5.41) is 1.01. The molecule has 0 aliphatic carbocycles. The molecular formula is C25H31ClN2O2S. The van der Waals surface area contributed by atoms with Gasteiger partial charge in [-0.05, 0) is 69.0 Å². The highest BCUT2D eigenvalue weighted by Gasteiger charge is 2.26. The molecule has 1 aliphatic rings. The van der Waals surface area contributed by atoms with Crippen molar-refractivity contribution in [2.45, 2.75) is 44.3 Å². The van der Waals surface area contributed by atoms with Crippen LogP contribution in [0.25, 0.3) is 10.2 Å². The highest BCUT2D eigenvalue weighted by atomic mass is 35.5. The van der Waals surface area contributed by atoms with Crippen LogP contribution in [0, 0.1) is 0 Å². The Bertz CT molecular complexity index is 922. The number of hydrogen-bond donors (Lipinski definition) is 0. The summed E-state index contributed by atoms with van der Waals surface area (Å²) in [6.45, 7) is 2.85. The zero-order valence-corrected chi connectivity index (χ0v) is 19.7. The number of fused-ring (bicyclic) bond motifs is 1. The molecule has 0 amide bonds. The summed E-state index contributed by atoms with van der Waals surface area (Å²) >= 11 is 7.49. The number of ether oxygens (including phenoxy) is 2. The van der Waals surface area contributed by atoms with Crippen LogP contribution < -0.4 is 4.74 Å². The maximum absolute atomic E-state index is 6.71. The maximum Gasteiger partial charge on any atom is 0.135 e. The lowest BCUT2D eigenvalue weighted by Gasteiger charge is -2.31. The molecule has 1 saturated heterocycles. The van der Waals surface area contributed by atoms with Crippen molar-refractivity contribution in [1.29, 1.82) is 0 Å². The van der Waals surface area contributed by atoms with E-state index < -0.39 is 0 Å². The van der Waals surface area contributed by atoms with E-state index in [1.165, 1.54) is 4.70 Å². The van der Waals surface area contributed by atoms with Crippen LogP contribution in [0.2, 0.25) is 0 Å². The number of para-hydroxylation sites is 1. The SMILES string of the molecule is CN1CCC(OC(c2cccc(OCCCCCCl)c2)c2nc3ccccc3s2)CC1. The zero-order chi connectivity index (χ0) is 21.5. The third kappa shape index (κ3) is 6.19. The van der Waals surface area contributed by atoms with Gasteiger partial charge in [-0.3, -0.25) is 0 Å². The van der Waals surface area contributed by atoms with Crippen molar-refractivity contribution in [3.63, 3.8) is 0 Å². The summed E-state index contributed by atoms with van der Waals surface area (Å²) in [7, 11) is 2.18. The Labute approximate surface area is 194 Å². The molecular weight excluding hydrogens is 428 g/mol. The average molecular weight is 459 g/mol. The molecule has 0 bridgehead atoms. The third-order valence-electron chi connectivity index (χ3n) is 5.74. The van der Waals surface area contributed by atoms with E-state index in [2.05, 4.69) is 48.3 Å². The number of thiazole rings is 1. The predicted molar refractivity (Wildman–Crippen MR) is 130 cm³/mol. The first-order chi connectivity index (χ1) is 15.2. The minimum Gasteiger partial charge on any atom is -0.494 e. The lowest BCUT2D eigenvalue weighted by molar-refractivity contribution is -0.0235. The number of hydrogen-bond acceptors (Lipinski definition) is 5. The standard InChI is InChI=1S/C25H31ClN2O2S/c1-28-15-12-20(13-16-28)30-24(25-27-22-10-3-4-11-23(22)31-25)19-8-7-9-21(18-19)29-17-6-2-5-14-26/h3-4,7-11,18,20,24H,2,5-6,12-17H2,1H3. The second kappa shape index (κ2) is 11.3. The van der Waals surface area contributed by atoms with Crippen molar-refractivity contribution >= 4 is 33.2 Å². The molecule has 0 spiro atoms. The fraction of sp³-hybridized carbons (Fsp3) is 0.480. The molecule has 4 rings (SSSR count). The molecule has 1 fully saturated rings. The number of unbranched alkanes of at least 4 members (excludes halogenated alkanes) is 2. The highest BCUT2D eigenvalue weighted by Crippen LogP contribution is 2.36. The van der Waals surface area contributed by atoms with Gasteiger partial charge in [0, 0.05) is 19.0 Å². The fourth-order valence-corrected chi connectivity index (χ4v) is 5.15. The quantitative estimate of drug-likeness (QED) is 0.264. The van der Waals surface area contributed by atoms with Gasteiger partial charge in [-0.25, -0.2) is 4.98 Å². The van der Waals surface area contributed by atoms with Gasteiger partial charge in [0.1, 0.15) is 16.9 Å². The monoisotopic (exact) mass is 458 g/mol. The minimum atomic E-state index is -0.175. The van der Waals surface area contributed by atoms with Gasteiger partial charge in [-0.15, -0.1) is 22.9 Å². The summed E-state index contributed by atoms with van der Waals surface area (Å²) in [5.74, 6) is 1.61. The van der Waals surface area contributed by atoms with Crippen LogP contribution in [0.5, 0.6) is 5.75 Å². The molecule has 6 heteroatoms. The number of piperidine rings is 1. The van der Waals surface area contributed by atoms with E-state index in [9.17, 15) is 0 Å². The molecule has 1 unspecified atom stereocenters. The number of nitrogens with zero attached hydrogens (tertiary/aromatic N) is 2. The van der Waals surface area contributed by atoms with E-state index in [4.69, 9.17) is 26.1 Å². The molecule has 1 aliphatic heterocycles. The largest absolute Gasteiger partial charge is 0.494 e. The van der Waals surface area contributed by atoms with E-state index in [1.807, 2.05) is 12.1 Å². The zero-order valence-electron chi connectivity index (χ0n) is 18.1. The fourth-order valence-electron chi connectivity index (χ4n) is 3.93. The Morgan fingerprint density at radius 2 is 1.94 bits per heavy atom. The summed E-state index contributed by atoms with van der Waals surface area (Å²) in [4.78, 5) is 7.29. The molecule has 0 radical (unpaired) electrons. The summed E-state index contributed by atoms with van der Waals surface area (Å²) in [6, 6.07) is 16.6. The van der Waals surface area contributed by atoms with Gasteiger partial charge in [0.15, 0.2) is 0 Å². The van der Waals surface area contributed by atoms with Gasteiger partial charge in [-0.2, -0.15) is 0 Å². The minimum absolute atomic E-state index is 0.175. The molecule has 0 saturated carbocycles. The summed E-state index contributed by atoms with van der Waals surface area (Å²) in [5.41, 5.74) is 2.14. The Morgan fingerprint density at radius 1 is 1.10 bits per heavy atom. The van der Waals surface area contributed by atoms with Gasteiger partial charge in [0.05, 0.1) is 22.9 Å². The van der Waals surface area contributed by atoms with Gasteiger partial charge in [-0.1, -0.05) is 24.3 Å². The van der Waals surface area contributed by atoms with Crippen LogP contribution in [0.1, 0.15) is 48.8 Å². The van der Waals surface area contributed by atoms with E-state index in [1.54, 1.807) is 11.3 Å². The number of likely N-dealkylation sites (tertiary alicyclic amines) is 1. The predicted octanol–water partition coefficient (Wildman–Crippen LogP) is 6.28. The third-order valence-corrected chi connectivity index (χ3v) is 7.08. The number of rotatable bonds is 10. The Balaban J connectivity index is 1.54. The van der Waals surface area contributed by atoms with Crippen molar-refractivity contribution in [1.82, 2.24) is 9.88 Å². The maximum atomic E-state index is 6.71. The van der Waals surface area contributed by atoms with Crippen LogP contribution >= 0.6 is 22.9 Å². The lowest BCUT2D eigenvalue weighted by Crippen LogP contribution is -2.35. The summed E-state index contributed by atoms with van der Waals surface area (Å²) in [6.07, 6.45) is 5.32. The van der Waals surface area contributed by atoms with Crippen LogP contribution in [0.15, 0.2) is 48.5 Å². The van der Waals surface area contributed by atoms with E-state index in [-0.39, 0.29) is 12.2 Å². The number of aromatic nitrogens is 1. The first kappa shape index (κ1) is 22.5. The van der Waals surface area contributed by atoms with Crippen LogP contribution in [-0.4, -0.2) is 48.6 Å². The van der Waals surface area contributed by atoms with E-state index >= 15 is 0 Å². The molecule has 31 heavy (non-hydrogen) atoms. The van der Waals surface area contributed by atoms with Gasteiger partial charge >= 0.3 is 0 Å². The number of halogens is 1. The van der Waals surface area contributed by atoms with Crippen molar-refractivity contribution in [2.24, 2.45) is 0 Å². The first-order valence-electron chi connectivity index (χ1n) is 11.2. The normalized spacial score (nSPS) is 16.6. The molecule has 0 N–H and O–H groups in total. The Hall–Kier alpha value is -1.66. The second-order valence-electron chi connectivity index (χ2n) is 8.21. The van der Waals surface area contributed by atoms with Crippen molar-refractivity contribution in [3.05, 3.63) is 59.1 Å². The molecule has 2 aromatic carbocycles. The number of benzene rings is 2. The van der Waals surface area contributed by atoms with Gasteiger partial charge < -0.3 is 14.4 Å². The second-order valence-corrected chi connectivity index (χ2v) is 9.65. The van der Waals surface area contributed by atoms with Crippen LogP contribution in [0.3, 0.4) is 0 Å². The molecule has 166 valence electrons. The molecule has 4 nitrogen and oxygen atoms in total.